The normalized spacial score (nSPS) is 10.3. The third kappa shape index (κ3) is 1.77. The Labute approximate surface area is 91.1 Å². The van der Waals surface area contributed by atoms with Gasteiger partial charge < -0.3 is 10.1 Å². The summed E-state index contributed by atoms with van der Waals surface area (Å²) in [4.78, 5) is 25.8. The largest absolute Gasteiger partial charge is 0.493 e. The summed E-state index contributed by atoms with van der Waals surface area (Å²) in [5.41, 5.74) is -0.0999. The fourth-order valence-electron chi connectivity index (χ4n) is 1.33. The summed E-state index contributed by atoms with van der Waals surface area (Å²) in [6.07, 6.45) is 3.49. The summed E-state index contributed by atoms with van der Waals surface area (Å²) < 4.78 is 0. The number of aromatic amines is 1. The molecule has 0 amide bonds. The lowest BCUT2D eigenvalue weighted by molar-refractivity contribution is 0.444. The molecule has 16 heavy (non-hydrogen) atoms. The van der Waals surface area contributed by atoms with Crippen LogP contribution in [-0.2, 0) is 6.42 Å². The molecule has 2 N–H and O–H groups in total. The summed E-state index contributed by atoms with van der Waals surface area (Å²) in [5, 5.41) is 9.55. The Bertz CT molecular complexity index is 550. The van der Waals surface area contributed by atoms with Crippen LogP contribution in [-0.4, -0.2) is 25.0 Å². The molecular formula is C10H10N4O2. The van der Waals surface area contributed by atoms with Gasteiger partial charge in [0.1, 0.15) is 0 Å². The van der Waals surface area contributed by atoms with E-state index in [0.29, 0.717) is 6.42 Å². The van der Waals surface area contributed by atoms with Crippen LogP contribution in [0.25, 0.3) is 11.6 Å². The highest BCUT2D eigenvalue weighted by Gasteiger charge is 2.11. The minimum absolute atomic E-state index is 0.167. The van der Waals surface area contributed by atoms with Crippen molar-refractivity contribution in [1.29, 1.82) is 0 Å². The molecule has 0 bridgehead atoms. The van der Waals surface area contributed by atoms with Gasteiger partial charge in [0, 0.05) is 12.4 Å². The molecule has 0 saturated carbocycles. The van der Waals surface area contributed by atoms with E-state index in [1.807, 2.05) is 0 Å². The molecule has 2 aromatic rings. The van der Waals surface area contributed by atoms with Gasteiger partial charge in [0.2, 0.25) is 5.88 Å². The number of rotatable bonds is 2. The lowest BCUT2D eigenvalue weighted by Gasteiger charge is -2.02. The van der Waals surface area contributed by atoms with Crippen molar-refractivity contribution >= 4 is 0 Å². The fourth-order valence-corrected chi connectivity index (χ4v) is 1.33. The number of nitrogens with zero attached hydrogens (tertiary/aromatic N) is 3. The standard InChI is InChI=1S/C10H10N4O2/c1-2-6-9(15)13-8(14-10(6)16)7-11-4-3-5-12-7/h3-5H,2H2,1H3,(H2,13,14,15,16). The summed E-state index contributed by atoms with van der Waals surface area (Å²) >= 11 is 0. The van der Waals surface area contributed by atoms with Crippen LogP contribution in [0.1, 0.15) is 12.5 Å². The Hall–Kier alpha value is -2.24. The highest BCUT2D eigenvalue weighted by atomic mass is 16.3. The maximum atomic E-state index is 11.6. The Kier molecular flexibility index (Phi) is 2.63. The van der Waals surface area contributed by atoms with E-state index in [-0.39, 0.29) is 28.7 Å². The Balaban J connectivity index is 2.57. The van der Waals surface area contributed by atoms with Crippen molar-refractivity contribution in [2.45, 2.75) is 13.3 Å². The highest BCUT2D eigenvalue weighted by Crippen LogP contribution is 2.13. The first kappa shape index (κ1) is 10.3. The van der Waals surface area contributed by atoms with Crippen molar-refractivity contribution in [3.63, 3.8) is 0 Å². The average Bonchev–Trinajstić information content (AvgIpc) is 2.30. The van der Waals surface area contributed by atoms with Crippen molar-refractivity contribution in [1.82, 2.24) is 19.9 Å². The zero-order chi connectivity index (χ0) is 11.5. The number of aromatic nitrogens is 4. The van der Waals surface area contributed by atoms with E-state index in [2.05, 4.69) is 19.9 Å². The highest BCUT2D eigenvalue weighted by molar-refractivity contribution is 5.44. The molecule has 82 valence electrons. The van der Waals surface area contributed by atoms with Crippen molar-refractivity contribution in [2.75, 3.05) is 0 Å². The topological polar surface area (TPSA) is 91.8 Å². The maximum absolute atomic E-state index is 11.6. The summed E-state index contributed by atoms with van der Waals surface area (Å²) in [5.74, 6) is 0.173. The van der Waals surface area contributed by atoms with Crippen LogP contribution < -0.4 is 5.56 Å². The molecule has 0 radical (unpaired) electrons. The maximum Gasteiger partial charge on any atom is 0.258 e. The van der Waals surface area contributed by atoms with E-state index in [1.165, 1.54) is 12.4 Å². The molecule has 2 heterocycles. The summed E-state index contributed by atoms with van der Waals surface area (Å²) in [6, 6.07) is 1.65. The summed E-state index contributed by atoms with van der Waals surface area (Å²) in [7, 11) is 0. The van der Waals surface area contributed by atoms with Crippen molar-refractivity contribution in [2.24, 2.45) is 0 Å². The van der Waals surface area contributed by atoms with E-state index >= 15 is 0 Å². The van der Waals surface area contributed by atoms with Gasteiger partial charge in [0.15, 0.2) is 11.6 Å². The van der Waals surface area contributed by atoms with Crippen LogP contribution >= 0.6 is 0 Å². The van der Waals surface area contributed by atoms with Gasteiger partial charge in [-0.05, 0) is 12.5 Å². The van der Waals surface area contributed by atoms with Crippen LogP contribution in [0.4, 0.5) is 0 Å². The third-order valence-corrected chi connectivity index (χ3v) is 2.12. The SMILES string of the molecule is CCc1c(O)nc(-c2ncccn2)[nH]c1=O. The molecule has 0 aliphatic heterocycles. The van der Waals surface area contributed by atoms with Gasteiger partial charge in [-0.2, -0.15) is 4.98 Å². The van der Waals surface area contributed by atoms with E-state index in [9.17, 15) is 9.90 Å². The Morgan fingerprint density at radius 2 is 2.06 bits per heavy atom. The zero-order valence-corrected chi connectivity index (χ0v) is 8.64. The number of nitrogens with one attached hydrogen (secondary N) is 1. The third-order valence-electron chi connectivity index (χ3n) is 2.12. The van der Waals surface area contributed by atoms with Crippen LogP contribution in [0.5, 0.6) is 5.88 Å². The molecule has 0 aliphatic rings. The molecule has 0 aliphatic carbocycles. The smallest absolute Gasteiger partial charge is 0.258 e. The number of aromatic hydroxyl groups is 1. The van der Waals surface area contributed by atoms with Gasteiger partial charge in [-0.1, -0.05) is 6.92 Å². The quantitative estimate of drug-likeness (QED) is 0.765. The number of hydrogen-bond donors (Lipinski definition) is 2. The van der Waals surface area contributed by atoms with Gasteiger partial charge in [-0.25, -0.2) is 9.97 Å². The van der Waals surface area contributed by atoms with E-state index < -0.39 is 0 Å². The van der Waals surface area contributed by atoms with Crippen LogP contribution in [0.3, 0.4) is 0 Å². The first-order valence-corrected chi connectivity index (χ1v) is 4.82. The molecule has 2 aromatic heterocycles. The second-order valence-corrected chi connectivity index (χ2v) is 3.14. The Morgan fingerprint density at radius 3 is 2.62 bits per heavy atom. The van der Waals surface area contributed by atoms with Crippen molar-refractivity contribution < 1.29 is 5.11 Å². The number of hydrogen-bond acceptors (Lipinski definition) is 5. The molecule has 0 aromatic carbocycles. The van der Waals surface area contributed by atoms with Gasteiger partial charge in [-0.3, -0.25) is 4.79 Å². The zero-order valence-electron chi connectivity index (χ0n) is 8.64. The van der Waals surface area contributed by atoms with E-state index in [4.69, 9.17) is 0 Å². The molecule has 0 atom stereocenters. The molecule has 6 nitrogen and oxygen atoms in total. The summed E-state index contributed by atoms with van der Waals surface area (Å²) in [6.45, 7) is 1.77. The Morgan fingerprint density at radius 1 is 1.38 bits per heavy atom. The molecule has 0 fully saturated rings. The van der Waals surface area contributed by atoms with Crippen molar-refractivity contribution in [3.05, 3.63) is 34.4 Å². The monoisotopic (exact) mass is 218 g/mol. The lowest BCUT2D eigenvalue weighted by atomic mass is 10.2. The average molecular weight is 218 g/mol. The molecule has 0 saturated heterocycles. The van der Waals surface area contributed by atoms with Gasteiger partial charge in [-0.15, -0.1) is 0 Å². The van der Waals surface area contributed by atoms with Gasteiger partial charge >= 0.3 is 0 Å². The van der Waals surface area contributed by atoms with Crippen LogP contribution in [0.15, 0.2) is 23.3 Å². The molecule has 0 spiro atoms. The molecule has 0 unspecified atom stereocenters. The fraction of sp³-hybridized carbons (Fsp3) is 0.200. The first-order valence-electron chi connectivity index (χ1n) is 4.82. The predicted octanol–water partition coefficient (Wildman–Crippen LogP) is 0.495. The van der Waals surface area contributed by atoms with Crippen LogP contribution in [0, 0.1) is 0 Å². The van der Waals surface area contributed by atoms with Gasteiger partial charge in [0.25, 0.3) is 5.56 Å². The van der Waals surface area contributed by atoms with E-state index in [0.717, 1.165) is 0 Å². The van der Waals surface area contributed by atoms with Gasteiger partial charge in [0.05, 0.1) is 5.56 Å². The first-order chi connectivity index (χ1) is 7.72. The lowest BCUT2D eigenvalue weighted by Crippen LogP contribution is -2.15. The minimum Gasteiger partial charge on any atom is -0.493 e. The van der Waals surface area contributed by atoms with Crippen molar-refractivity contribution in [3.8, 4) is 17.5 Å². The second-order valence-electron chi connectivity index (χ2n) is 3.14. The second kappa shape index (κ2) is 4.09. The molecule has 6 heteroatoms. The predicted molar refractivity (Wildman–Crippen MR) is 56.9 cm³/mol. The minimum atomic E-state index is -0.363. The molecular weight excluding hydrogens is 208 g/mol. The van der Waals surface area contributed by atoms with Crippen LogP contribution in [0.2, 0.25) is 0 Å². The molecule has 2 rings (SSSR count). The van der Waals surface area contributed by atoms with E-state index in [1.54, 1.807) is 13.0 Å². The number of H-pyrrole nitrogens is 1.